The number of rotatable bonds is 6. The normalized spacial score (nSPS) is 13.3. The molecule has 0 saturated heterocycles. The Balaban J connectivity index is 1.45. The van der Waals surface area contributed by atoms with Gasteiger partial charge in [-0.05, 0) is 61.6 Å². The zero-order valence-electron chi connectivity index (χ0n) is 17.4. The van der Waals surface area contributed by atoms with Gasteiger partial charge in [-0.1, -0.05) is 35.0 Å². The molecule has 3 heterocycles. The predicted molar refractivity (Wildman–Crippen MR) is 134 cm³/mol. The minimum atomic E-state index is -0.234. The zero-order valence-corrected chi connectivity index (χ0v) is 20.5. The Kier molecular flexibility index (Phi) is 6.51. The van der Waals surface area contributed by atoms with Crippen molar-refractivity contribution in [1.29, 1.82) is 0 Å². The molecule has 170 valence electrons. The third-order valence-electron chi connectivity index (χ3n) is 5.47. The van der Waals surface area contributed by atoms with Crippen molar-refractivity contribution in [1.82, 2.24) is 9.55 Å². The van der Waals surface area contributed by atoms with Gasteiger partial charge in [0.05, 0.1) is 34.0 Å². The number of hydrogen-bond donors (Lipinski definition) is 1. The lowest BCUT2D eigenvalue weighted by molar-refractivity contribution is -0.113. The van der Waals surface area contributed by atoms with Crippen molar-refractivity contribution >= 4 is 68.1 Å². The van der Waals surface area contributed by atoms with Crippen molar-refractivity contribution in [2.75, 3.05) is 11.1 Å². The van der Waals surface area contributed by atoms with Crippen molar-refractivity contribution in [3.8, 4) is 0 Å². The second-order valence-corrected chi connectivity index (χ2v) is 10.6. The summed E-state index contributed by atoms with van der Waals surface area (Å²) in [5, 5.41) is 4.79. The van der Waals surface area contributed by atoms with Crippen LogP contribution in [0.4, 0.5) is 5.69 Å². The van der Waals surface area contributed by atoms with E-state index >= 15 is 0 Å². The quantitative estimate of drug-likeness (QED) is 0.249. The van der Waals surface area contributed by atoms with Crippen molar-refractivity contribution in [2.24, 2.45) is 0 Å². The molecule has 0 aliphatic heterocycles. The van der Waals surface area contributed by atoms with Gasteiger partial charge in [0, 0.05) is 10.6 Å². The molecule has 0 spiro atoms. The Bertz CT molecular complexity index is 1400. The molecule has 3 aromatic heterocycles. The number of carbonyl (C=O) groups excluding carboxylic acids is 1. The van der Waals surface area contributed by atoms with Crippen LogP contribution < -0.4 is 10.9 Å². The molecule has 0 unspecified atom stereocenters. The highest BCUT2D eigenvalue weighted by molar-refractivity contribution is 7.99. The van der Waals surface area contributed by atoms with Crippen LogP contribution in [0.25, 0.3) is 10.2 Å². The summed E-state index contributed by atoms with van der Waals surface area (Å²) in [6, 6.07) is 8.52. The second-order valence-electron chi connectivity index (χ2n) is 7.72. The zero-order chi connectivity index (χ0) is 22.9. The number of nitrogens with one attached hydrogen (secondary N) is 1. The molecule has 1 N–H and O–H groups in total. The molecule has 33 heavy (non-hydrogen) atoms. The topological polar surface area (TPSA) is 77.1 Å². The highest BCUT2D eigenvalue weighted by Crippen LogP contribution is 2.35. The molecule has 1 amide bonds. The Morgan fingerprint density at radius 1 is 1.21 bits per heavy atom. The number of halogens is 2. The molecule has 0 fully saturated rings. The number of fused-ring (bicyclic) bond motifs is 3. The van der Waals surface area contributed by atoms with Gasteiger partial charge in [-0.2, -0.15) is 0 Å². The van der Waals surface area contributed by atoms with Crippen LogP contribution >= 0.6 is 46.3 Å². The van der Waals surface area contributed by atoms with E-state index in [9.17, 15) is 9.59 Å². The van der Waals surface area contributed by atoms with E-state index in [1.807, 2.05) is 6.07 Å². The van der Waals surface area contributed by atoms with E-state index in [1.165, 1.54) is 16.6 Å². The van der Waals surface area contributed by atoms with E-state index in [2.05, 4.69) is 5.32 Å². The summed E-state index contributed by atoms with van der Waals surface area (Å²) in [6.07, 6.45) is 5.70. The Hall–Kier alpha value is -2.26. The van der Waals surface area contributed by atoms with Gasteiger partial charge in [-0.15, -0.1) is 11.3 Å². The summed E-state index contributed by atoms with van der Waals surface area (Å²) in [5.41, 5.74) is 1.61. The number of aryl methyl sites for hydroxylation is 2. The minimum absolute atomic E-state index is 0.0804. The first-order chi connectivity index (χ1) is 16.0. The summed E-state index contributed by atoms with van der Waals surface area (Å²) in [6.45, 7) is 0.260. The number of anilines is 1. The minimum Gasteiger partial charge on any atom is -0.467 e. The Morgan fingerprint density at radius 3 is 2.85 bits per heavy atom. The Labute approximate surface area is 207 Å². The maximum atomic E-state index is 13.6. The largest absolute Gasteiger partial charge is 0.467 e. The molecule has 0 radical (unpaired) electrons. The highest BCUT2D eigenvalue weighted by atomic mass is 35.5. The van der Waals surface area contributed by atoms with E-state index < -0.39 is 0 Å². The lowest BCUT2D eigenvalue weighted by atomic mass is 9.97. The van der Waals surface area contributed by atoms with Crippen molar-refractivity contribution in [2.45, 2.75) is 37.4 Å². The fraction of sp³-hybridized carbons (Fsp3) is 0.261. The maximum absolute atomic E-state index is 13.6. The maximum Gasteiger partial charge on any atom is 0.263 e. The summed E-state index contributed by atoms with van der Waals surface area (Å²) in [7, 11) is 0. The first kappa shape index (κ1) is 22.5. The molecule has 4 aromatic rings. The number of furan rings is 1. The molecule has 5 rings (SSSR count). The number of hydrogen-bond acceptors (Lipinski definition) is 6. The molecule has 0 atom stereocenters. The Morgan fingerprint density at radius 2 is 2.06 bits per heavy atom. The highest BCUT2D eigenvalue weighted by Gasteiger charge is 2.23. The van der Waals surface area contributed by atoms with E-state index in [0.717, 1.165) is 36.1 Å². The molecule has 1 aliphatic carbocycles. The summed E-state index contributed by atoms with van der Waals surface area (Å²) >= 11 is 14.8. The molecule has 1 aromatic carbocycles. The van der Waals surface area contributed by atoms with Gasteiger partial charge in [-0.25, -0.2) is 4.98 Å². The van der Waals surface area contributed by atoms with Crippen LogP contribution in [0.2, 0.25) is 10.0 Å². The smallest absolute Gasteiger partial charge is 0.263 e. The van der Waals surface area contributed by atoms with Crippen LogP contribution in [0.5, 0.6) is 0 Å². The standard InChI is InChI=1S/C23H19Cl2N3O3S2/c24-16-8-7-13(10-17(16)25)26-19(29)12-32-23-27-21-20(15-5-1-2-6-18(15)33-21)22(30)28(23)11-14-4-3-9-31-14/h3-4,7-10H,1-2,5-6,11-12H2,(H,26,29). The first-order valence-electron chi connectivity index (χ1n) is 10.4. The summed E-state index contributed by atoms with van der Waals surface area (Å²) < 4.78 is 7.09. The van der Waals surface area contributed by atoms with Crippen molar-refractivity contribution in [3.05, 3.63) is 73.2 Å². The fourth-order valence-electron chi connectivity index (χ4n) is 3.93. The van der Waals surface area contributed by atoms with Gasteiger partial charge >= 0.3 is 0 Å². The summed E-state index contributed by atoms with van der Waals surface area (Å²) in [4.78, 5) is 32.9. The van der Waals surface area contributed by atoms with Crippen LogP contribution in [0.15, 0.2) is 51.0 Å². The van der Waals surface area contributed by atoms with Gasteiger partial charge in [0.15, 0.2) is 5.16 Å². The van der Waals surface area contributed by atoms with Crippen LogP contribution in [-0.2, 0) is 24.2 Å². The van der Waals surface area contributed by atoms with Gasteiger partial charge < -0.3 is 9.73 Å². The number of benzene rings is 1. The van der Waals surface area contributed by atoms with Crippen LogP contribution in [0, 0.1) is 0 Å². The lowest BCUT2D eigenvalue weighted by Gasteiger charge is -2.13. The van der Waals surface area contributed by atoms with E-state index in [1.54, 1.807) is 46.4 Å². The molecular weight excluding hydrogens is 501 g/mol. The van der Waals surface area contributed by atoms with E-state index in [0.29, 0.717) is 32.0 Å². The molecule has 6 nitrogen and oxygen atoms in total. The van der Waals surface area contributed by atoms with Crippen LogP contribution in [0.1, 0.15) is 29.0 Å². The van der Waals surface area contributed by atoms with Crippen molar-refractivity contribution < 1.29 is 9.21 Å². The predicted octanol–water partition coefficient (Wildman–Crippen LogP) is 6.02. The number of thiophene rings is 1. The van der Waals surface area contributed by atoms with Crippen molar-refractivity contribution in [3.63, 3.8) is 0 Å². The molecular formula is C23H19Cl2N3O3S2. The molecule has 0 bridgehead atoms. The third kappa shape index (κ3) is 4.71. The van der Waals surface area contributed by atoms with Crippen LogP contribution in [-0.4, -0.2) is 21.2 Å². The number of aromatic nitrogens is 2. The van der Waals surface area contributed by atoms with E-state index in [4.69, 9.17) is 32.6 Å². The molecule has 0 saturated carbocycles. The summed E-state index contributed by atoms with van der Waals surface area (Å²) in [5.74, 6) is 0.508. The van der Waals surface area contributed by atoms with Gasteiger partial charge in [0.2, 0.25) is 5.91 Å². The third-order valence-corrected chi connectivity index (χ3v) is 8.37. The first-order valence-corrected chi connectivity index (χ1v) is 13.0. The number of amides is 1. The number of carbonyl (C=O) groups is 1. The average molecular weight is 520 g/mol. The SMILES string of the molecule is O=C(CSc1nc2sc3c(c2c(=O)n1Cc1ccco1)CCCC3)Nc1ccc(Cl)c(Cl)c1. The monoisotopic (exact) mass is 519 g/mol. The second kappa shape index (κ2) is 9.54. The fourth-order valence-corrected chi connectivity index (χ4v) is 6.33. The molecule has 1 aliphatic rings. The molecule has 10 heteroatoms. The van der Waals surface area contributed by atoms with E-state index in [-0.39, 0.29) is 23.8 Å². The lowest BCUT2D eigenvalue weighted by Crippen LogP contribution is -2.25. The van der Waals surface area contributed by atoms with Gasteiger partial charge in [0.25, 0.3) is 5.56 Å². The van der Waals surface area contributed by atoms with Crippen LogP contribution in [0.3, 0.4) is 0 Å². The number of thioether (sulfide) groups is 1. The number of nitrogens with zero attached hydrogens (tertiary/aromatic N) is 2. The van der Waals surface area contributed by atoms with Gasteiger partial charge in [0.1, 0.15) is 10.6 Å². The van der Waals surface area contributed by atoms with Gasteiger partial charge in [-0.3, -0.25) is 14.2 Å². The average Bonchev–Trinajstić information content (AvgIpc) is 3.44.